The molecule has 1 saturated heterocycles. The van der Waals surface area contributed by atoms with Crippen LogP contribution in [0.2, 0.25) is 0 Å². The van der Waals surface area contributed by atoms with Crippen LogP contribution in [0.5, 0.6) is 0 Å². The van der Waals surface area contributed by atoms with E-state index in [1.54, 1.807) is 23.3 Å². The number of hydrogen-bond donors (Lipinski definition) is 3. The Morgan fingerprint density at radius 1 is 1.32 bits per heavy atom. The molecule has 6 rings (SSSR count). The van der Waals surface area contributed by atoms with E-state index in [9.17, 15) is 14.9 Å². The van der Waals surface area contributed by atoms with E-state index in [1.165, 1.54) is 16.2 Å². The van der Waals surface area contributed by atoms with Gasteiger partial charge in [-0.2, -0.15) is 10.5 Å². The van der Waals surface area contributed by atoms with Crippen LogP contribution >= 0.6 is 22.7 Å². The smallest absolute Gasteiger partial charge is 0.261 e. The summed E-state index contributed by atoms with van der Waals surface area (Å²) in [6, 6.07) is 6.23. The number of amides is 2. The summed E-state index contributed by atoms with van der Waals surface area (Å²) in [5.74, 6) is 0.911. The molecule has 3 aliphatic rings. The van der Waals surface area contributed by atoms with Crippen molar-refractivity contribution in [3.8, 4) is 6.07 Å². The van der Waals surface area contributed by atoms with Crippen molar-refractivity contribution in [2.24, 2.45) is 5.92 Å². The zero-order valence-corrected chi connectivity index (χ0v) is 22.3. The molecule has 0 radical (unpaired) electrons. The Morgan fingerprint density at radius 2 is 2.16 bits per heavy atom. The quantitative estimate of drug-likeness (QED) is 0.420. The van der Waals surface area contributed by atoms with Gasteiger partial charge in [-0.1, -0.05) is 5.21 Å². The predicted octanol–water partition coefficient (Wildman–Crippen LogP) is 2.00. The van der Waals surface area contributed by atoms with E-state index in [4.69, 9.17) is 0 Å². The number of tetrazole rings is 1. The number of nitrogens with one attached hydrogen (secondary N) is 3. The molecule has 1 saturated carbocycles. The number of piperidine rings is 1. The van der Waals surface area contributed by atoms with Gasteiger partial charge >= 0.3 is 0 Å². The van der Waals surface area contributed by atoms with Crippen LogP contribution in [0.3, 0.4) is 0 Å². The summed E-state index contributed by atoms with van der Waals surface area (Å²) in [6.07, 6.45) is 4.08. The molecule has 0 aromatic carbocycles. The van der Waals surface area contributed by atoms with Gasteiger partial charge in [0.1, 0.15) is 6.04 Å². The van der Waals surface area contributed by atoms with Crippen LogP contribution in [0.1, 0.15) is 62.6 Å². The molecule has 1 aliphatic heterocycles. The van der Waals surface area contributed by atoms with Gasteiger partial charge in [-0.05, 0) is 73.6 Å². The average Bonchev–Trinajstić information content (AvgIpc) is 3.43. The zero-order chi connectivity index (χ0) is 25.7. The van der Waals surface area contributed by atoms with Crippen LogP contribution in [0.4, 0.5) is 0 Å². The molecule has 0 spiro atoms. The highest BCUT2D eigenvalue weighted by Gasteiger charge is 2.54. The van der Waals surface area contributed by atoms with Gasteiger partial charge in [-0.25, -0.2) is 0 Å². The van der Waals surface area contributed by atoms with E-state index in [0.29, 0.717) is 23.0 Å². The lowest BCUT2D eigenvalue weighted by atomic mass is 9.70. The minimum Gasteiger partial charge on any atom is -0.354 e. The Labute approximate surface area is 222 Å². The highest BCUT2D eigenvalue weighted by molar-refractivity contribution is 7.14. The Morgan fingerprint density at radius 3 is 2.92 bits per heavy atom. The lowest BCUT2D eigenvalue weighted by molar-refractivity contribution is -0.131. The van der Waals surface area contributed by atoms with Crippen molar-refractivity contribution in [3.05, 3.63) is 49.1 Å². The molecule has 37 heavy (non-hydrogen) atoms. The van der Waals surface area contributed by atoms with E-state index >= 15 is 0 Å². The van der Waals surface area contributed by atoms with Crippen molar-refractivity contribution in [2.75, 3.05) is 13.6 Å². The molecule has 2 unspecified atom stereocenters. The average molecular weight is 537 g/mol. The van der Waals surface area contributed by atoms with E-state index in [1.807, 2.05) is 6.07 Å². The van der Waals surface area contributed by atoms with Crippen LogP contribution in [-0.4, -0.2) is 69.1 Å². The summed E-state index contributed by atoms with van der Waals surface area (Å²) < 4.78 is 0. The fraction of sp³-hybridized carbons (Fsp3) is 0.520. The lowest BCUT2D eigenvalue weighted by Gasteiger charge is -2.34. The summed E-state index contributed by atoms with van der Waals surface area (Å²) in [7, 11) is 1.64. The van der Waals surface area contributed by atoms with Gasteiger partial charge in [0.2, 0.25) is 5.91 Å². The van der Waals surface area contributed by atoms with Gasteiger partial charge in [0.05, 0.1) is 22.9 Å². The van der Waals surface area contributed by atoms with Crippen molar-refractivity contribution in [1.82, 2.24) is 36.2 Å². The first-order valence-corrected chi connectivity index (χ1v) is 14.3. The zero-order valence-electron chi connectivity index (χ0n) is 20.7. The molecule has 5 atom stereocenters. The second-order valence-corrected chi connectivity index (χ2v) is 12.3. The normalized spacial score (nSPS) is 26.4. The Bertz CT molecular complexity index is 1380. The molecule has 10 nitrogen and oxygen atoms in total. The molecule has 4 heterocycles. The van der Waals surface area contributed by atoms with Crippen molar-refractivity contribution >= 4 is 34.5 Å². The van der Waals surface area contributed by atoms with Crippen LogP contribution in [0.15, 0.2) is 17.5 Å². The Kier molecular flexibility index (Phi) is 6.09. The molecule has 2 fully saturated rings. The van der Waals surface area contributed by atoms with Gasteiger partial charge in [0, 0.05) is 28.9 Å². The number of nitriles is 1. The number of H-pyrrole nitrogens is 1. The summed E-state index contributed by atoms with van der Waals surface area (Å²) in [4.78, 5) is 30.6. The Balaban J connectivity index is 1.34. The minimum absolute atomic E-state index is 0.0211. The van der Waals surface area contributed by atoms with Crippen LogP contribution in [0, 0.1) is 17.2 Å². The number of hydrogen-bond acceptors (Lipinski definition) is 9. The van der Waals surface area contributed by atoms with E-state index < -0.39 is 5.41 Å². The third-order valence-electron chi connectivity index (χ3n) is 7.99. The number of aromatic amines is 1. The highest BCUT2D eigenvalue weighted by atomic mass is 32.1. The molecule has 192 valence electrons. The first-order valence-electron chi connectivity index (χ1n) is 12.6. The second-order valence-electron chi connectivity index (χ2n) is 10.2. The molecule has 2 aliphatic carbocycles. The van der Waals surface area contributed by atoms with Crippen LogP contribution in [-0.2, 0) is 23.1 Å². The number of rotatable bonds is 7. The molecular formula is C25H28N8O2S2. The monoisotopic (exact) mass is 536 g/mol. The number of aryl methyl sites for hydroxylation is 2. The van der Waals surface area contributed by atoms with Crippen LogP contribution in [0.25, 0.3) is 0 Å². The minimum atomic E-state index is -0.725. The van der Waals surface area contributed by atoms with Crippen molar-refractivity contribution in [1.29, 1.82) is 5.26 Å². The van der Waals surface area contributed by atoms with Gasteiger partial charge in [-0.3, -0.25) is 9.59 Å². The SMILES string of the molecule is CNC(=O)c1cc2c(s1)CCc1sccc1C2(C[C@H](C)NCC(=O)N1C(C#N)C[C@@H]2C[C@@H]21)c1nn[nH]n1. The van der Waals surface area contributed by atoms with E-state index in [2.05, 4.69) is 55.7 Å². The van der Waals surface area contributed by atoms with Gasteiger partial charge < -0.3 is 15.5 Å². The topological polar surface area (TPSA) is 140 Å². The molecule has 12 heteroatoms. The number of nitrogens with zero attached hydrogens (tertiary/aromatic N) is 5. The molecule has 2 amide bonds. The fourth-order valence-electron chi connectivity index (χ4n) is 6.21. The lowest BCUT2D eigenvalue weighted by Crippen LogP contribution is -2.46. The summed E-state index contributed by atoms with van der Waals surface area (Å²) >= 11 is 3.24. The third-order valence-corrected chi connectivity index (χ3v) is 10.2. The third kappa shape index (κ3) is 3.96. The maximum atomic E-state index is 13.1. The van der Waals surface area contributed by atoms with Crippen molar-refractivity contribution in [3.63, 3.8) is 0 Å². The van der Waals surface area contributed by atoms with Crippen molar-refractivity contribution in [2.45, 2.75) is 62.6 Å². The van der Waals surface area contributed by atoms with E-state index in [-0.39, 0.29) is 36.5 Å². The van der Waals surface area contributed by atoms with Gasteiger partial charge in [0.15, 0.2) is 5.82 Å². The van der Waals surface area contributed by atoms with Crippen molar-refractivity contribution < 1.29 is 9.59 Å². The number of carbonyl (C=O) groups is 2. The highest BCUT2D eigenvalue weighted by Crippen LogP contribution is 2.50. The first-order chi connectivity index (χ1) is 18.0. The second kappa shape index (κ2) is 9.31. The standard InChI is InChI=1S/C25H28N8O2S2/c1-13(28-12-22(34)33-15(11-26)7-14-8-18(14)33)10-25(24-29-31-32-30-24)16-5-6-36-19(16)3-4-20-17(25)9-21(37-20)23(35)27-2/h5-6,9,13-15,18,28H,3-4,7-8,10,12H2,1-2H3,(H,27,35)(H,29,30,31,32)/t13-,14+,15?,18-,25?/m0/s1. The summed E-state index contributed by atoms with van der Waals surface area (Å²) in [5.41, 5.74) is 1.43. The molecule has 3 aromatic heterocycles. The number of carbonyl (C=O) groups excluding carboxylic acids is 2. The number of fused-ring (bicyclic) bond motifs is 3. The maximum absolute atomic E-state index is 13.1. The first kappa shape index (κ1) is 24.2. The van der Waals surface area contributed by atoms with E-state index in [0.717, 1.165) is 41.7 Å². The molecule has 3 aromatic rings. The fourth-order valence-corrected chi connectivity index (χ4v) is 8.35. The number of thiophene rings is 2. The molecule has 0 bridgehead atoms. The van der Waals surface area contributed by atoms with Crippen LogP contribution < -0.4 is 10.6 Å². The number of likely N-dealkylation sites (tertiary alicyclic amines) is 1. The number of aromatic nitrogens is 4. The summed E-state index contributed by atoms with van der Waals surface area (Å²) in [5, 5.41) is 33.3. The largest absolute Gasteiger partial charge is 0.354 e. The predicted molar refractivity (Wildman–Crippen MR) is 138 cm³/mol. The van der Waals surface area contributed by atoms with Gasteiger partial charge in [0.25, 0.3) is 5.91 Å². The van der Waals surface area contributed by atoms with Gasteiger partial charge in [-0.15, -0.1) is 32.9 Å². The summed E-state index contributed by atoms with van der Waals surface area (Å²) in [6.45, 7) is 2.23. The molecular weight excluding hydrogens is 508 g/mol. The maximum Gasteiger partial charge on any atom is 0.261 e. The Hall–Kier alpha value is -3.14. The molecule has 3 N–H and O–H groups in total.